The smallest absolute Gasteiger partial charge is 0.0292 e. The van der Waals surface area contributed by atoms with Gasteiger partial charge in [-0.3, -0.25) is 0 Å². The van der Waals surface area contributed by atoms with Gasteiger partial charge in [-0.25, -0.2) is 0 Å². The van der Waals surface area contributed by atoms with E-state index in [0.717, 1.165) is 35.0 Å². The van der Waals surface area contributed by atoms with Crippen LogP contribution in [0.15, 0.2) is 0 Å². The van der Waals surface area contributed by atoms with Crippen LogP contribution in [0.5, 0.6) is 0 Å². The first-order valence-electron chi connectivity index (χ1n) is 7.73. The SMILES string of the molecule is CC1(CC2CC3CCC2C3)CC2CCC1C2. The van der Waals surface area contributed by atoms with Crippen molar-refractivity contribution in [2.75, 3.05) is 0 Å². The summed E-state index contributed by atoms with van der Waals surface area (Å²) in [5.74, 6) is 5.70. The van der Waals surface area contributed by atoms with Crippen LogP contribution in [0.1, 0.15) is 64.7 Å². The van der Waals surface area contributed by atoms with Crippen molar-refractivity contribution >= 4 is 0 Å². The Hall–Kier alpha value is 0. The van der Waals surface area contributed by atoms with Crippen molar-refractivity contribution in [1.82, 2.24) is 0 Å². The molecule has 0 N–H and O–H groups in total. The van der Waals surface area contributed by atoms with E-state index in [2.05, 4.69) is 6.92 Å². The van der Waals surface area contributed by atoms with E-state index in [4.69, 9.17) is 0 Å². The van der Waals surface area contributed by atoms with Crippen molar-refractivity contribution in [3.63, 3.8) is 0 Å². The first-order valence-corrected chi connectivity index (χ1v) is 7.73. The van der Waals surface area contributed by atoms with Gasteiger partial charge in [0.2, 0.25) is 0 Å². The Morgan fingerprint density at radius 1 is 0.938 bits per heavy atom. The van der Waals surface area contributed by atoms with Gasteiger partial charge < -0.3 is 0 Å². The fourth-order valence-electron chi connectivity index (χ4n) is 6.19. The molecule has 0 aliphatic heterocycles. The van der Waals surface area contributed by atoms with E-state index >= 15 is 0 Å². The van der Waals surface area contributed by atoms with Crippen LogP contribution in [-0.4, -0.2) is 0 Å². The summed E-state index contributed by atoms with van der Waals surface area (Å²) < 4.78 is 0. The Kier molecular flexibility index (Phi) is 2.04. The van der Waals surface area contributed by atoms with Gasteiger partial charge in [0.15, 0.2) is 0 Å². The standard InChI is InChI=1S/C16H26/c1-16(9-12-3-5-15(16)8-12)10-14-7-11-2-4-13(14)6-11/h11-15H,2-10H2,1H3. The van der Waals surface area contributed by atoms with E-state index < -0.39 is 0 Å². The summed E-state index contributed by atoms with van der Waals surface area (Å²) in [6.07, 6.45) is 14.3. The molecule has 4 fully saturated rings. The summed E-state index contributed by atoms with van der Waals surface area (Å²) in [7, 11) is 0. The molecule has 6 atom stereocenters. The lowest BCUT2D eigenvalue weighted by molar-refractivity contribution is 0.119. The molecule has 0 spiro atoms. The fourth-order valence-corrected chi connectivity index (χ4v) is 6.19. The van der Waals surface area contributed by atoms with Gasteiger partial charge in [-0.2, -0.15) is 0 Å². The predicted molar refractivity (Wildman–Crippen MR) is 67.1 cm³/mol. The topological polar surface area (TPSA) is 0 Å². The zero-order valence-corrected chi connectivity index (χ0v) is 10.8. The number of hydrogen-bond acceptors (Lipinski definition) is 0. The maximum absolute atomic E-state index is 2.64. The van der Waals surface area contributed by atoms with Gasteiger partial charge in [0, 0.05) is 0 Å². The quantitative estimate of drug-likeness (QED) is 0.633. The third-order valence-corrected chi connectivity index (χ3v) is 6.89. The van der Waals surface area contributed by atoms with Crippen molar-refractivity contribution in [2.24, 2.45) is 35.0 Å². The highest BCUT2D eigenvalue weighted by atomic mass is 14.6. The average molecular weight is 218 g/mol. The summed E-state index contributed by atoms with van der Waals surface area (Å²) in [4.78, 5) is 0. The van der Waals surface area contributed by atoms with Gasteiger partial charge >= 0.3 is 0 Å². The highest BCUT2D eigenvalue weighted by Gasteiger charge is 2.50. The molecule has 0 nitrogen and oxygen atoms in total. The molecule has 0 aromatic heterocycles. The molecule has 4 rings (SSSR count). The molecule has 0 heteroatoms. The molecule has 4 saturated carbocycles. The summed E-state index contributed by atoms with van der Waals surface area (Å²) >= 11 is 0. The molecule has 90 valence electrons. The van der Waals surface area contributed by atoms with Crippen LogP contribution >= 0.6 is 0 Å². The monoisotopic (exact) mass is 218 g/mol. The minimum absolute atomic E-state index is 0.776. The number of rotatable bonds is 2. The summed E-state index contributed by atoms with van der Waals surface area (Å²) in [6.45, 7) is 2.64. The normalized spacial score (nSPS) is 58.7. The van der Waals surface area contributed by atoms with Crippen molar-refractivity contribution in [3.8, 4) is 0 Å². The maximum Gasteiger partial charge on any atom is -0.0292 e. The minimum atomic E-state index is 0.776. The van der Waals surface area contributed by atoms with Crippen LogP contribution in [0.3, 0.4) is 0 Å². The van der Waals surface area contributed by atoms with Gasteiger partial charge in [-0.05, 0) is 80.0 Å². The maximum atomic E-state index is 2.64. The van der Waals surface area contributed by atoms with Gasteiger partial charge in [0.05, 0.1) is 0 Å². The Morgan fingerprint density at radius 3 is 2.38 bits per heavy atom. The van der Waals surface area contributed by atoms with E-state index in [1.54, 1.807) is 57.8 Å². The van der Waals surface area contributed by atoms with Crippen molar-refractivity contribution < 1.29 is 0 Å². The van der Waals surface area contributed by atoms with E-state index in [9.17, 15) is 0 Å². The molecular formula is C16H26. The molecule has 4 bridgehead atoms. The van der Waals surface area contributed by atoms with Crippen LogP contribution in [0.2, 0.25) is 0 Å². The molecule has 4 aliphatic carbocycles. The van der Waals surface area contributed by atoms with Crippen LogP contribution in [-0.2, 0) is 0 Å². The fraction of sp³-hybridized carbons (Fsp3) is 1.00. The lowest BCUT2D eigenvalue weighted by atomic mass is 9.67. The van der Waals surface area contributed by atoms with Crippen LogP contribution < -0.4 is 0 Å². The van der Waals surface area contributed by atoms with E-state index in [0.29, 0.717) is 0 Å². The highest BCUT2D eigenvalue weighted by Crippen LogP contribution is 2.61. The Morgan fingerprint density at radius 2 is 1.81 bits per heavy atom. The lowest BCUT2D eigenvalue weighted by Gasteiger charge is -2.38. The number of fused-ring (bicyclic) bond motifs is 4. The second kappa shape index (κ2) is 3.27. The van der Waals surface area contributed by atoms with Crippen LogP contribution in [0, 0.1) is 35.0 Å². The highest BCUT2D eigenvalue weighted by molar-refractivity contribution is 5.01. The van der Waals surface area contributed by atoms with Crippen molar-refractivity contribution in [3.05, 3.63) is 0 Å². The molecule has 0 amide bonds. The largest absolute Gasteiger partial charge is 0.0594 e. The molecule has 0 aromatic carbocycles. The third kappa shape index (κ3) is 1.34. The first kappa shape index (κ1) is 9.97. The third-order valence-electron chi connectivity index (χ3n) is 6.89. The van der Waals surface area contributed by atoms with E-state index in [1.165, 1.54) is 0 Å². The van der Waals surface area contributed by atoms with Crippen LogP contribution in [0.25, 0.3) is 0 Å². The Labute approximate surface area is 100 Å². The molecule has 0 aromatic rings. The predicted octanol–water partition coefficient (Wildman–Crippen LogP) is 4.64. The lowest BCUT2D eigenvalue weighted by Crippen LogP contribution is -2.28. The van der Waals surface area contributed by atoms with Crippen LogP contribution in [0.4, 0.5) is 0 Å². The van der Waals surface area contributed by atoms with Crippen molar-refractivity contribution in [2.45, 2.75) is 64.7 Å². The molecule has 0 radical (unpaired) electrons. The summed E-state index contributed by atoms with van der Waals surface area (Å²) in [6, 6.07) is 0. The molecule has 4 aliphatic rings. The Bertz CT molecular complexity index is 294. The molecule has 0 saturated heterocycles. The molecule has 0 heterocycles. The van der Waals surface area contributed by atoms with Gasteiger partial charge in [0.1, 0.15) is 0 Å². The molecular weight excluding hydrogens is 192 g/mol. The molecule has 6 unspecified atom stereocenters. The Balaban J connectivity index is 1.47. The van der Waals surface area contributed by atoms with E-state index in [-0.39, 0.29) is 0 Å². The van der Waals surface area contributed by atoms with Gasteiger partial charge in [-0.1, -0.05) is 19.8 Å². The second-order valence-electron chi connectivity index (χ2n) is 7.87. The second-order valence-corrected chi connectivity index (χ2v) is 7.87. The minimum Gasteiger partial charge on any atom is -0.0594 e. The average Bonchev–Trinajstić information content (AvgIpc) is 2.93. The summed E-state index contributed by atoms with van der Waals surface area (Å²) in [5.41, 5.74) is 0.776. The number of hydrogen-bond donors (Lipinski definition) is 0. The van der Waals surface area contributed by atoms with Gasteiger partial charge in [0.25, 0.3) is 0 Å². The van der Waals surface area contributed by atoms with E-state index in [1.807, 2.05) is 0 Å². The zero-order valence-electron chi connectivity index (χ0n) is 10.8. The summed E-state index contributed by atoms with van der Waals surface area (Å²) in [5, 5.41) is 0. The zero-order chi connectivity index (χ0) is 10.8. The van der Waals surface area contributed by atoms with Gasteiger partial charge in [-0.15, -0.1) is 0 Å². The van der Waals surface area contributed by atoms with Crippen molar-refractivity contribution in [1.29, 1.82) is 0 Å². The first-order chi connectivity index (χ1) is 7.73. The molecule has 16 heavy (non-hydrogen) atoms.